The molecule has 0 aromatic carbocycles. The van der Waals surface area contributed by atoms with Gasteiger partial charge >= 0.3 is 0 Å². The Balaban J connectivity index is 1.66. The highest BCUT2D eigenvalue weighted by molar-refractivity contribution is 5.76. The monoisotopic (exact) mass is 259 g/mol. The fourth-order valence-corrected chi connectivity index (χ4v) is 2.09. The van der Waals surface area contributed by atoms with Gasteiger partial charge in [0.25, 0.3) is 0 Å². The first-order valence-electron chi connectivity index (χ1n) is 5.97. The predicted molar refractivity (Wildman–Crippen MR) is 65.9 cm³/mol. The maximum atomic E-state index is 10.8. The topological polar surface area (TPSA) is 98.1 Å². The minimum atomic E-state index is -0.319. The van der Waals surface area contributed by atoms with Crippen LogP contribution in [0.15, 0.2) is 29.0 Å². The molecule has 3 heterocycles. The van der Waals surface area contributed by atoms with Crippen LogP contribution in [0.25, 0.3) is 11.4 Å². The number of hydrogen-bond donors (Lipinski definition) is 1. The van der Waals surface area contributed by atoms with Crippen LogP contribution in [-0.4, -0.2) is 45.6 Å². The molecule has 0 aliphatic carbocycles. The lowest BCUT2D eigenvalue weighted by atomic mass is 10.0. The Labute approximate surface area is 109 Å². The van der Waals surface area contributed by atoms with E-state index in [2.05, 4.69) is 15.1 Å². The van der Waals surface area contributed by atoms with Gasteiger partial charge in [-0.15, -0.1) is 0 Å². The van der Waals surface area contributed by atoms with E-state index in [0.29, 0.717) is 11.7 Å². The highest BCUT2D eigenvalue weighted by Crippen LogP contribution is 2.26. The second-order valence-corrected chi connectivity index (χ2v) is 4.56. The molecule has 0 unspecified atom stereocenters. The van der Waals surface area contributed by atoms with Gasteiger partial charge in [-0.2, -0.15) is 4.98 Å². The van der Waals surface area contributed by atoms with Gasteiger partial charge in [0.1, 0.15) is 0 Å². The normalized spacial score (nSPS) is 16.2. The number of amides is 1. The summed E-state index contributed by atoms with van der Waals surface area (Å²) >= 11 is 0. The largest absolute Gasteiger partial charge is 0.369 e. The molecule has 2 aromatic rings. The van der Waals surface area contributed by atoms with Crippen LogP contribution in [0.4, 0.5) is 0 Å². The van der Waals surface area contributed by atoms with E-state index < -0.39 is 0 Å². The Morgan fingerprint density at radius 3 is 3.05 bits per heavy atom. The average molecular weight is 259 g/mol. The van der Waals surface area contributed by atoms with Crippen LogP contribution in [0.2, 0.25) is 0 Å². The molecule has 2 aromatic heterocycles. The van der Waals surface area contributed by atoms with Crippen molar-refractivity contribution in [1.29, 1.82) is 0 Å². The molecule has 0 radical (unpaired) electrons. The van der Waals surface area contributed by atoms with E-state index in [1.165, 1.54) is 0 Å². The van der Waals surface area contributed by atoms with Gasteiger partial charge in [0.2, 0.25) is 17.6 Å². The number of rotatable bonds is 4. The Bertz CT molecular complexity index is 577. The predicted octanol–water partition coefficient (Wildman–Crippen LogP) is 0.0161. The molecule has 0 saturated carbocycles. The molecule has 7 nitrogen and oxygen atoms in total. The summed E-state index contributed by atoms with van der Waals surface area (Å²) in [5.74, 6) is 0.994. The number of carbonyl (C=O) groups is 1. The minimum absolute atomic E-state index is 0.178. The Morgan fingerprint density at radius 1 is 1.53 bits per heavy atom. The van der Waals surface area contributed by atoms with E-state index in [-0.39, 0.29) is 18.4 Å². The Hall–Kier alpha value is -2.28. The molecular weight excluding hydrogens is 246 g/mol. The van der Waals surface area contributed by atoms with Crippen molar-refractivity contribution in [1.82, 2.24) is 20.0 Å². The average Bonchev–Trinajstić information content (AvgIpc) is 2.83. The summed E-state index contributed by atoms with van der Waals surface area (Å²) in [7, 11) is 0. The summed E-state index contributed by atoms with van der Waals surface area (Å²) in [6.45, 7) is 1.72. The van der Waals surface area contributed by atoms with Gasteiger partial charge in [0.15, 0.2) is 0 Å². The highest BCUT2D eigenvalue weighted by Gasteiger charge is 2.33. The lowest BCUT2D eigenvalue weighted by molar-refractivity contribution is -0.120. The van der Waals surface area contributed by atoms with Crippen LogP contribution in [0.5, 0.6) is 0 Å². The molecule has 7 heteroatoms. The first kappa shape index (κ1) is 11.8. The van der Waals surface area contributed by atoms with Crippen LogP contribution in [-0.2, 0) is 4.79 Å². The van der Waals surface area contributed by atoms with Crippen LogP contribution in [0.1, 0.15) is 11.8 Å². The molecule has 1 fully saturated rings. The van der Waals surface area contributed by atoms with Crippen molar-refractivity contribution in [2.75, 3.05) is 19.6 Å². The van der Waals surface area contributed by atoms with E-state index in [1.54, 1.807) is 12.4 Å². The zero-order valence-corrected chi connectivity index (χ0v) is 10.2. The van der Waals surface area contributed by atoms with E-state index in [1.807, 2.05) is 17.0 Å². The van der Waals surface area contributed by atoms with Crippen LogP contribution < -0.4 is 5.73 Å². The summed E-state index contributed by atoms with van der Waals surface area (Å²) < 4.78 is 5.24. The molecule has 19 heavy (non-hydrogen) atoms. The quantitative estimate of drug-likeness (QED) is 0.830. The molecule has 0 spiro atoms. The third-order valence-corrected chi connectivity index (χ3v) is 3.05. The third kappa shape index (κ3) is 2.45. The molecule has 98 valence electrons. The molecule has 0 bridgehead atoms. The van der Waals surface area contributed by atoms with Crippen molar-refractivity contribution >= 4 is 5.91 Å². The summed E-state index contributed by atoms with van der Waals surface area (Å²) in [6, 6.07) is 3.70. The zero-order valence-electron chi connectivity index (χ0n) is 10.2. The fourth-order valence-electron chi connectivity index (χ4n) is 2.09. The number of carbonyl (C=O) groups excluding carboxylic acids is 1. The zero-order chi connectivity index (χ0) is 13.2. The van der Waals surface area contributed by atoms with Gasteiger partial charge in [0, 0.05) is 31.0 Å². The van der Waals surface area contributed by atoms with Gasteiger partial charge in [-0.25, -0.2) is 0 Å². The fraction of sp³-hybridized carbons (Fsp3) is 0.333. The smallest absolute Gasteiger partial charge is 0.232 e. The second kappa shape index (κ2) is 4.77. The maximum absolute atomic E-state index is 10.8. The van der Waals surface area contributed by atoms with Crippen molar-refractivity contribution in [2.45, 2.75) is 5.92 Å². The standard InChI is InChI=1S/C12H13N5O2/c13-10(18)7-17-5-9(6-17)12-15-11(16-19-12)8-2-1-3-14-4-8/h1-4,9H,5-7H2,(H2,13,18). The third-order valence-electron chi connectivity index (χ3n) is 3.05. The number of hydrogen-bond acceptors (Lipinski definition) is 6. The van der Waals surface area contributed by atoms with Crippen molar-refractivity contribution < 1.29 is 9.32 Å². The van der Waals surface area contributed by atoms with Gasteiger partial charge in [0.05, 0.1) is 12.5 Å². The van der Waals surface area contributed by atoms with Crippen LogP contribution in [0.3, 0.4) is 0 Å². The number of aromatic nitrogens is 3. The molecule has 3 rings (SSSR count). The number of pyridine rings is 1. The van der Waals surface area contributed by atoms with Crippen molar-refractivity contribution in [3.63, 3.8) is 0 Å². The van der Waals surface area contributed by atoms with Gasteiger partial charge in [-0.05, 0) is 12.1 Å². The van der Waals surface area contributed by atoms with E-state index in [4.69, 9.17) is 10.3 Å². The summed E-state index contributed by atoms with van der Waals surface area (Å²) in [5, 5.41) is 3.94. The van der Waals surface area contributed by atoms with Crippen LogP contribution >= 0.6 is 0 Å². The number of primary amides is 1. The molecule has 1 saturated heterocycles. The molecule has 1 aliphatic heterocycles. The lowest BCUT2D eigenvalue weighted by Gasteiger charge is -2.35. The SMILES string of the molecule is NC(=O)CN1CC(c2nc(-c3cccnc3)no2)C1. The maximum Gasteiger partial charge on any atom is 0.232 e. The molecule has 2 N–H and O–H groups in total. The number of nitrogens with zero attached hydrogens (tertiary/aromatic N) is 4. The molecule has 1 aliphatic rings. The summed E-state index contributed by atoms with van der Waals surface area (Å²) in [5.41, 5.74) is 5.95. The Kier molecular flexibility index (Phi) is 2.96. The number of nitrogens with two attached hydrogens (primary N) is 1. The minimum Gasteiger partial charge on any atom is -0.369 e. The first-order valence-corrected chi connectivity index (χ1v) is 5.97. The summed E-state index contributed by atoms with van der Waals surface area (Å²) in [6.07, 6.45) is 3.38. The molecular formula is C12H13N5O2. The molecule has 0 atom stereocenters. The van der Waals surface area contributed by atoms with Gasteiger partial charge in [-0.1, -0.05) is 5.16 Å². The highest BCUT2D eigenvalue weighted by atomic mass is 16.5. The van der Waals surface area contributed by atoms with E-state index >= 15 is 0 Å². The number of likely N-dealkylation sites (tertiary alicyclic amines) is 1. The van der Waals surface area contributed by atoms with Crippen molar-refractivity contribution in [3.05, 3.63) is 30.4 Å². The van der Waals surface area contributed by atoms with Crippen molar-refractivity contribution in [3.8, 4) is 11.4 Å². The van der Waals surface area contributed by atoms with Crippen LogP contribution in [0, 0.1) is 0 Å². The Morgan fingerprint density at radius 2 is 2.37 bits per heavy atom. The van der Waals surface area contributed by atoms with E-state index in [0.717, 1.165) is 18.7 Å². The van der Waals surface area contributed by atoms with Gasteiger partial charge < -0.3 is 10.3 Å². The van der Waals surface area contributed by atoms with Gasteiger partial charge in [-0.3, -0.25) is 14.7 Å². The second-order valence-electron chi connectivity index (χ2n) is 4.56. The van der Waals surface area contributed by atoms with Crippen molar-refractivity contribution in [2.24, 2.45) is 5.73 Å². The first-order chi connectivity index (χ1) is 9.22. The van der Waals surface area contributed by atoms with E-state index in [9.17, 15) is 4.79 Å². The lowest BCUT2D eigenvalue weighted by Crippen LogP contribution is -2.48. The molecule has 1 amide bonds. The summed E-state index contributed by atoms with van der Waals surface area (Å²) in [4.78, 5) is 21.1.